The summed E-state index contributed by atoms with van der Waals surface area (Å²) in [7, 11) is 0. The molecule has 0 aliphatic carbocycles. The molecule has 4 heteroatoms. The molecule has 0 fully saturated rings. The summed E-state index contributed by atoms with van der Waals surface area (Å²) in [6.07, 6.45) is 0. The van der Waals surface area contributed by atoms with E-state index in [1.807, 2.05) is 0 Å². The lowest BCUT2D eigenvalue weighted by molar-refractivity contribution is 1.36. The predicted molar refractivity (Wildman–Crippen MR) is 92.5 cm³/mol. The lowest BCUT2D eigenvalue weighted by Crippen LogP contribution is -1.91. The minimum atomic E-state index is 0.851. The normalized spacial score (nSPS) is 10.7. The summed E-state index contributed by atoms with van der Waals surface area (Å²) in [6.45, 7) is 0. The molecule has 0 aliphatic heterocycles. The summed E-state index contributed by atoms with van der Waals surface area (Å²) in [5.41, 5.74) is 5.10. The highest BCUT2D eigenvalue weighted by Crippen LogP contribution is 2.34. The average Bonchev–Trinajstić information content (AvgIpc) is 2.38. The fourth-order valence-corrected chi connectivity index (χ4v) is 3.53. The van der Waals surface area contributed by atoms with E-state index in [1.54, 1.807) is 0 Å². The molecule has 0 unspecified atom stereocenters. The molecule has 2 rings (SSSR count). The second-order valence-electron chi connectivity index (χ2n) is 3.87. The second-order valence-corrected chi connectivity index (χ2v) is 6.82. The van der Waals surface area contributed by atoms with Crippen LogP contribution in [0.1, 0.15) is 11.1 Å². The van der Waals surface area contributed by atoms with Crippen molar-refractivity contribution < 1.29 is 0 Å². The van der Waals surface area contributed by atoms with Crippen LogP contribution in [0.3, 0.4) is 0 Å². The van der Waals surface area contributed by atoms with Gasteiger partial charge < -0.3 is 0 Å². The van der Waals surface area contributed by atoms with Crippen LogP contribution in [-0.4, -0.2) is 0 Å². The van der Waals surface area contributed by atoms with Gasteiger partial charge in [0.2, 0.25) is 0 Å². The average molecular weight is 498 g/mol. The van der Waals surface area contributed by atoms with Crippen molar-refractivity contribution in [3.63, 3.8) is 0 Å². The fourth-order valence-electron chi connectivity index (χ4n) is 1.83. The van der Waals surface area contributed by atoms with Gasteiger partial charge in [0.1, 0.15) is 0 Å². The minimum Gasteiger partial charge on any atom is -0.0876 e. The van der Waals surface area contributed by atoms with Crippen molar-refractivity contribution in [3.05, 3.63) is 56.5 Å². The van der Waals surface area contributed by atoms with Gasteiger partial charge in [-0.25, -0.2) is 0 Å². The van der Waals surface area contributed by atoms with Crippen molar-refractivity contribution in [1.82, 2.24) is 0 Å². The molecule has 0 saturated carbocycles. The van der Waals surface area contributed by atoms with E-state index in [1.165, 1.54) is 22.3 Å². The zero-order valence-corrected chi connectivity index (χ0v) is 15.7. The smallest absolute Gasteiger partial charge is 0.0289 e. The number of hydrogen-bond acceptors (Lipinski definition) is 0. The van der Waals surface area contributed by atoms with Crippen molar-refractivity contribution in [3.8, 4) is 11.1 Å². The summed E-state index contributed by atoms with van der Waals surface area (Å²) in [6, 6.07) is 12.8. The maximum Gasteiger partial charge on any atom is 0.0289 e. The van der Waals surface area contributed by atoms with E-state index in [-0.39, 0.29) is 0 Å². The fraction of sp³-hybridized carbons (Fsp3) is 0.143. The Labute approximate surface area is 141 Å². The third-order valence-corrected chi connectivity index (χ3v) is 4.92. The van der Waals surface area contributed by atoms with Gasteiger partial charge in [-0.2, -0.15) is 0 Å². The van der Waals surface area contributed by atoms with Crippen LogP contribution in [-0.2, 0) is 10.7 Å². The number of rotatable bonds is 3. The van der Waals surface area contributed by atoms with Gasteiger partial charge in [-0.05, 0) is 46.5 Å². The van der Waals surface area contributed by atoms with Gasteiger partial charge in [-0.15, -0.1) is 0 Å². The molecule has 0 saturated heterocycles. The van der Waals surface area contributed by atoms with E-state index in [0.29, 0.717) is 0 Å². The summed E-state index contributed by atoms with van der Waals surface area (Å²) >= 11 is 14.2. The maximum atomic E-state index is 3.56. The Hall–Kier alpha value is 0.360. The Bertz CT molecular complexity index is 512. The topological polar surface area (TPSA) is 0 Å². The highest BCUT2D eigenvalue weighted by molar-refractivity contribution is 9.10. The van der Waals surface area contributed by atoms with E-state index in [9.17, 15) is 0 Å². The minimum absolute atomic E-state index is 0.851. The summed E-state index contributed by atoms with van der Waals surface area (Å²) < 4.78 is 2.20. The maximum absolute atomic E-state index is 3.56. The zero-order chi connectivity index (χ0) is 13.1. The molecule has 0 heterocycles. The van der Waals surface area contributed by atoms with Crippen LogP contribution in [0.4, 0.5) is 0 Å². The first-order valence-electron chi connectivity index (χ1n) is 5.35. The Morgan fingerprint density at radius 3 is 1.39 bits per heavy atom. The van der Waals surface area contributed by atoms with Crippen molar-refractivity contribution in [2.45, 2.75) is 10.7 Å². The summed E-state index contributed by atoms with van der Waals surface area (Å²) in [5.74, 6) is 0. The van der Waals surface area contributed by atoms with Gasteiger partial charge in [0.15, 0.2) is 0 Å². The molecule has 0 bridgehead atoms. The molecule has 2 aromatic rings. The number of alkyl halides is 2. The monoisotopic (exact) mass is 494 g/mol. The van der Waals surface area contributed by atoms with Crippen molar-refractivity contribution in [1.29, 1.82) is 0 Å². The largest absolute Gasteiger partial charge is 0.0876 e. The molecular formula is C14H10Br4. The van der Waals surface area contributed by atoms with E-state index >= 15 is 0 Å². The summed E-state index contributed by atoms with van der Waals surface area (Å²) in [5, 5.41) is 1.70. The first-order chi connectivity index (χ1) is 8.65. The Morgan fingerprint density at radius 2 is 1.06 bits per heavy atom. The van der Waals surface area contributed by atoms with E-state index < -0.39 is 0 Å². The second kappa shape index (κ2) is 6.69. The van der Waals surface area contributed by atoms with Gasteiger partial charge in [-0.1, -0.05) is 75.9 Å². The number of benzene rings is 2. The molecule has 0 amide bonds. The van der Waals surface area contributed by atoms with Gasteiger partial charge in [0.25, 0.3) is 0 Å². The highest BCUT2D eigenvalue weighted by Gasteiger charge is 2.10. The van der Waals surface area contributed by atoms with Crippen LogP contribution < -0.4 is 0 Å². The number of hydrogen-bond donors (Lipinski definition) is 0. The third-order valence-electron chi connectivity index (χ3n) is 2.72. The van der Waals surface area contributed by atoms with Crippen LogP contribution >= 0.6 is 63.7 Å². The summed E-state index contributed by atoms with van der Waals surface area (Å²) in [4.78, 5) is 0. The van der Waals surface area contributed by atoms with Crippen molar-refractivity contribution in [2.75, 3.05) is 0 Å². The Balaban J connectivity index is 2.67. The van der Waals surface area contributed by atoms with Gasteiger partial charge in [-0.3, -0.25) is 0 Å². The lowest BCUT2D eigenvalue weighted by atomic mass is 9.97. The van der Waals surface area contributed by atoms with Crippen LogP contribution in [0.25, 0.3) is 11.1 Å². The first kappa shape index (κ1) is 14.8. The van der Waals surface area contributed by atoms with Crippen LogP contribution in [0.2, 0.25) is 0 Å². The molecular weight excluding hydrogens is 488 g/mol. The Kier molecular flexibility index (Phi) is 5.48. The van der Waals surface area contributed by atoms with Gasteiger partial charge in [0.05, 0.1) is 0 Å². The quantitative estimate of drug-likeness (QED) is 0.416. The lowest BCUT2D eigenvalue weighted by Gasteiger charge is -2.12. The van der Waals surface area contributed by atoms with Gasteiger partial charge >= 0.3 is 0 Å². The third kappa shape index (κ3) is 3.27. The molecule has 0 nitrogen and oxygen atoms in total. The van der Waals surface area contributed by atoms with Crippen molar-refractivity contribution in [2.24, 2.45) is 0 Å². The number of halogens is 4. The van der Waals surface area contributed by atoms with Crippen molar-refractivity contribution >= 4 is 63.7 Å². The first-order valence-corrected chi connectivity index (χ1v) is 9.17. The van der Waals surface area contributed by atoms with Gasteiger partial charge in [0, 0.05) is 19.6 Å². The van der Waals surface area contributed by atoms with Crippen LogP contribution in [0.5, 0.6) is 0 Å². The molecule has 0 atom stereocenters. The highest BCUT2D eigenvalue weighted by atomic mass is 79.9. The molecule has 18 heavy (non-hydrogen) atoms. The molecule has 0 aliphatic rings. The molecule has 0 radical (unpaired) electrons. The van der Waals surface area contributed by atoms with Crippen LogP contribution in [0.15, 0.2) is 45.3 Å². The molecule has 0 N–H and O–H groups in total. The Morgan fingerprint density at radius 1 is 0.667 bits per heavy atom. The van der Waals surface area contributed by atoms with E-state index in [2.05, 4.69) is 100 Å². The van der Waals surface area contributed by atoms with E-state index in [4.69, 9.17) is 0 Å². The molecule has 2 aromatic carbocycles. The molecule has 0 aromatic heterocycles. The molecule has 94 valence electrons. The zero-order valence-electron chi connectivity index (χ0n) is 9.39. The van der Waals surface area contributed by atoms with Crippen LogP contribution in [0, 0.1) is 0 Å². The predicted octanol–water partition coefficient (Wildman–Crippen LogP) is 6.67. The standard InChI is InChI=1S/C14H10Br4/c15-7-9-1-3-11(17)5-13(9)14-6-12(18)4-2-10(14)8-16/h1-6H,7-8H2. The molecule has 0 spiro atoms. The SMILES string of the molecule is BrCc1ccc(Br)cc1-c1cc(Br)ccc1CBr. The van der Waals surface area contributed by atoms with E-state index in [0.717, 1.165) is 19.6 Å².